The van der Waals surface area contributed by atoms with E-state index >= 15 is 0 Å². The van der Waals surface area contributed by atoms with Crippen LogP contribution in [0.15, 0.2) is 16.8 Å². The topological polar surface area (TPSA) is 50.4 Å². The summed E-state index contributed by atoms with van der Waals surface area (Å²) in [5.41, 5.74) is 1.08. The molecule has 1 amide bonds. The van der Waals surface area contributed by atoms with Crippen molar-refractivity contribution in [3.8, 4) is 0 Å². The minimum Gasteiger partial charge on any atom is -0.378 e. The molecule has 0 aliphatic carbocycles. The van der Waals surface area contributed by atoms with Gasteiger partial charge in [0.2, 0.25) is 5.91 Å². The zero-order valence-electron chi connectivity index (χ0n) is 9.07. The van der Waals surface area contributed by atoms with Crippen molar-refractivity contribution in [3.63, 3.8) is 0 Å². The lowest BCUT2D eigenvalue weighted by atomic mass is 10.2. The number of hydrogen-bond donors (Lipinski definition) is 2. The van der Waals surface area contributed by atoms with Crippen LogP contribution in [0.25, 0.3) is 0 Å². The molecule has 0 aromatic carbocycles. The van der Waals surface area contributed by atoms with Gasteiger partial charge in [-0.3, -0.25) is 4.79 Å². The van der Waals surface area contributed by atoms with E-state index in [2.05, 4.69) is 10.6 Å². The summed E-state index contributed by atoms with van der Waals surface area (Å²) in [6.45, 7) is 2.95. The van der Waals surface area contributed by atoms with Gasteiger partial charge in [0.25, 0.3) is 0 Å². The van der Waals surface area contributed by atoms with Gasteiger partial charge in [0, 0.05) is 19.1 Å². The Balaban J connectivity index is 1.67. The lowest BCUT2D eigenvalue weighted by molar-refractivity contribution is -0.120. The molecule has 1 aromatic heterocycles. The van der Waals surface area contributed by atoms with E-state index in [1.165, 1.54) is 0 Å². The van der Waals surface area contributed by atoms with Crippen LogP contribution in [0.1, 0.15) is 5.56 Å². The Morgan fingerprint density at radius 3 is 3.31 bits per heavy atom. The fourth-order valence-electron chi connectivity index (χ4n) is 1.63. The van der Waals surface area contributed by atoms with E-state index in [-0.39, 0.29) is 11.9 Å². The molecule has 1 aliphatic rings. The first-order valence-corrected chi connectivity index (χ1v) is 6.38. The van der Waals surface area contributed by atoms with E-state index in [0.717, 1.165) is 18.7 Å². The summed E-state index contributed by atoms with van der Waals surface area (Å²) in [5, 5.41) is 10.2. The zero-order chi connectivity index (χ0) is 11.2. The van der Waals surface area contributed by atoms with E-state index in [9.17, 15) is 4.79 Å². The molecule has 0 spiro atoms. The molecule has 1 aromatic rings. The van der Waals surface area contributed by atoms with Crippen LogP contribution in [0.4, 0.5) is 0 Å². The van der Waals surface area contributed by atoms with Crippen LogP contribution in [-0.4, -0.2) is 38.3 Å². The van der Waals surface area contributed by atoms with Crippen LogP contribution in [0.3, 0.4) is 0 Å². The number of thiophene rings is 1. The van der Waals surface area contributed by atoms with Crippen LogP contribution in [0.2, 0.25) is 0 Å². The van der Waals surface area contributed by atoms with E-state index in [4.69, 9.17) is 4.74 Å². The molecule has 5 heteroatoms. The van der Waals surface area contributed by atoms with Crippen molar-refractivity contribution in [2.24, 2.45) is 0 Å². The molecule has 0 saturated carbocycles. The summed E-state index contributed by atoms with van der Waals surface area (Å²) in [6.07, 6.45) is 0.469. The average molecular weight is 240 g/mol. The van der Waals surface area contributed by atoms with Crippen LogP contribution >= 0.6 is 11.3 Å². The smallest absolute Gasteiger partial charge is 0.224 e. The molecule has 16 heavy (non-hydrogen) atoms. The van der Waals surface area contributed by atoms with Gasteiger partial charge in [0.05, 0.1) is 19.6 Å². The summed E-state index contributed by atoms with van der Waals surface area (Å²) in [6, 6.07) is 2.23. The van der Waals surface area contributed by atoms with E-state index in [1.54, 1.807) is 11.3 Å². The minimum atomic E-state index is 0.0748. The number of rotatable bonds is 4. The first-order valence-electron chi connectivity index (χ1n) is 5.43. The van der Waals surface area contributed by atoms with Gasteiger partial charge < -0.3 is 15.4 Å². The second-order valence-corrected chi connectivity index (χ2v) is 4.62. The third-order valence-corrected chi connectivity index (χ3v) is 3.22. The highest BCUT2D eigenvalue weighted by Crippen LogP contribution is 2.06. The van der Waals surface area contributed by atoms with Crippen molar-refractivity contribution >= 4 is 17.2 Å². The van der Waals surface area contributed by atoms with Crippen molar-refractivity contribution in [2.45, 2.75) is 12.5 Å². The number of morpholine rings is 1. The van der Waals surface area contributed by atoms with E-state index < -0.39 is 0 Å². The lowest BCUT2D eigenvalue weighted by Gasteiger charge is -2.23. The second kappa shape index (κ2) is 5.98. The average Bonchev–Trinajstić information content (AvgIpc) is 2.81. The molecule has 1 aliphatic heterocycles. The number of carbonyl (C=O) groups excluding carboxylic acids is 1. The highest BCUT2D eigenvalue weighted by molar-refractivity contribution is 7.07. The molecule has 88 valence electrons. The van der Waals surface area contributed by atoms with E-state index in [1.807, 2.05) is 16.8 Å². The maximum atomic E-state index is 11.6. The Morgan fingerprint density at radius 2 is 2.62 bits per heavy atom. The normalized spacial score (nSPS) is 20.6. The second-order valence-electron chi connectivity index (χ2n) is 3.84. The Labute approximate surface area is 99.0 Å². The summed E-state index contributed by atoms with van der Waals surface area (Å²) < 4.78 is 5.31. The summed E-state index contributed by atoms with van der Waals surface area (Å²) in [7, 11) is 0. The molecule has 2 heterocycles. The largest absolute Gasteiger partial charge is 0.378 e. The first-order chi connectivity index (χ1) is 7.84. The number of amides is 1. The maximum Gasteiger partial charge on any atom is 0.224 e. The summed E-state index contributed by atoms with van der Waals surface area (Å²) in [4.78, 5) is 11.6. The minimum absolute atomic E-state index is 0.0748. The van der Waals surface area contributed by atoms with E-state index in [0.29, 0.717) is 19.6 Å². The van der Waals surface area contributed by atoms with Crippen molar-refractivity contribution in [3.05, 3.63) is 22.4 Å². The molecule has 2 rings (SSSR count). The molecule has 1 saturated heterocycles. The van der Waals surface area contributed by atoms with Gasteiger partial charge in [-0.1, -0.05) is 0 Å². The molecule has 1 atom stereocenters. The molecule has 0 bridgehead atoms. The standard InChI is InChI=1S/C11H16N2O2S/c14-11(5-9-1-4-16-8-9)13-6-10-7-15-3-2-12-10/h1,4,8,10,12H,2-3,5-7H2,(H,13,14). The van der Waals surface area contributed by atoms with Crippen LogP contribution < -0.4 is 10.6 Å². The van der Waals surface area contributed by atoms with Crippen molar-refractivity contribution in [1.82, 2.24) is 10.6 Å². The van der Waals surface area contributed by atoms with Gasteiger partial charge in [-0.2, -0.15) is 11.3 Å². The lowest BCUT2D eigenvalue weighted by Crippen LogP contribution is -2.48. The fraction of sp³-hybridized carbons (Fsp3) is 0.545. The third kappa shape index (κ3) is 3.59. The molecule has 4 nitrogen and oxygen atoms in total. The quantitative estimate of drug-likeness (QED) is 0.801. The number of nitrogens with one attached hydrogen (secondary N) is 2. The van der Waals surface area contributed by atoms with Crippen molar-refractivity contribution in [1.29, 1.82) is 0 Å². The van der Waals surface area contributed by atoms with Crippen LogP contribution in [0.5, 0.6) is 0 Å². The van der Waals surface area contributed by atoms with Gasteiger partial charge in [-0.05, 0) is 22.4 Å². The number of carbonyl (C=O) groups is 1. The zero-order valence-corrected chi connectivity index (χ0v) is 9.89. The first kappa shape index (κ1) is 11.6. The molecule has 2 N–H and O–H groups in total. The summed E-state index contributed by atoms with van der Waals surface area (Å²) >= 11 is 1.62. The van der Waals surface area contributed by atoms with Crippen molar-refractivity contribution < 1.29 is 9.53 Å². The molecule has 1 fully saturated rings. The van der Waals surface area contributed by atoms with Gasteiger partial charge >= 0.3 is 0 Å². The fourth-order valence-corrected chi connectivity index (χ4v) is 2.30. The van der Waals surface area contributed by atoms with Gasteiger partial charge in [0.15, 0.2) is 0 Å². The Hall–Kier alpha value is -0.910. The number of ether oxygens (including phenoxy) is 1. The Kier molecular flexibility index (Phi) is 4.33. The molecular weight excluding hydrogens is 224 g/mol. The van der Waals surface area contributed by atoms with Crippen LogP contribution in [0, 0.1) is 0 Å². The van der Waals surface area contributed by atoms with Gasteiger partial charge in [-0.15, -0.1) is 0 Å². The van der Waals surface area contributed by atoms with Crippen molar-refractivity contribution in [2.75, 3.05) is 26.3 Å². The number of hydrogen-bond acceptors (Lipinski definition) is 4. The maximum absolute atomic E-state index is 11.6. The summed E-state index contributed by atoms with van der Waals surface area (Å²) in [5.74, 6) is 0.0748. The third-order valence-electron chi connectivity index (χ3n) is 2.49. The van der Waals surface area contributed by atoms with Gasteiger partial charge in [-0.25, -0.2) is 0 Å². The molecular formula is C11H16N2O2S. The Morgan fingerprint density at radius 1 is 1.69 bits per heavy atom. The van der Waals surface area contributed by atoms with Gasteiger partial charge in [0.1, 0.15) is 0 Å². The molecule has 0 radical (unpaired) electrons. The predicted molar refractivity (Wildman–Crippen MR) is 63.6 cm³/mol. The van der Waals surface area contributed by atoms with Crippen LogP contribution in [-0.2, 0) is 16.0 Å². The SMILES string of the molecule is O=C(Cc1ccsc1)NCC1COCCN1. The monoisotopic (exact) mass is 240 g/mol. The highest BCUT2D eigenvalue weighted by Gasteiger charge is 2.13. The Bertz CT molecular complexity index is 321. The molecule has 1 unspecified atom stereocenters. The highest BCUT2D eigenvalue weighted by atomic mass is 32.1. The predicted octanol–water partition coefficient (Wildman–Crippen LogP) is 0.395.